The van der Waals surface area contributed by atoms with E-state index in [0.29, 0.717) is 0 Å². The minimum atomic E-state index is -0.294. The molecule has 0 aromatic carbocycles. The van der Waals surface area contributed by atoms with Crippen LogP contribution in [0.1, 0.15) is 13.8 Å². The van der Waals surface area contributed by atoms with E-state index in [4.69, 9.17) is 0 Å². The lowest BCUT2D eigenvalue weighted by Crippen LogP contribution is -2.48. The van der Waals surface area contributed by atoms with Crippen molar-refractivity contribution in [1.29, 1.82) is 0 Å². The largest absolute Gasteiger partial charge is 0.304 e. The molecular formula is C10H19N3O. The van der Waals surface area contributed by atoms with Crippen molar-refractivity contribution in [3.05, 3.63) is 0 Å². The highest BCUT2D eigenvalue weighted by molar-refractivity contribution is 5.34. The lowest BCUT2D eigenvalue weighted by atomic mass is 10.1. The van der Waals surface area contributed by atoms with Crippen LogP contribution in [0.3, 0.4) is 0 Å². The van der Waals surface area contributed by atoms with Crippen LogP contribution in [0.25, 0.3) is 0 Å². The molecule has 4 heteroatoms. The van der Waals surface area contributed by atoms with Crippen molar-refractivity contribution in [3.8, 4) is 0 Å². The Bertz CT molecular complexity index is 226. The molecule has 1 aliphatic rings. The van der Waals surface area contributed by atoms with Crippen molar-refractivity contribution < 1.29 is 4.79 Å². The molecule has 0 spiro atoms. The van der Waals surface area contributed by atoms with Crippen molar-refractivity contribution >= 4 is 6.08 Å². The molecule has 0 aliphatic carbocycles. The van der Waals surface area contributed by atoms with E-state index in [1.807, 2.05) is 13.8 Å². The van der Waals surface area contributed by atoms with E-state index < -0.39 is 0 Å². The summed E-state index contributed by atoms with van der Waals surface area (Å²) >= 11 is 0. The van der Waals surface area contributed by atoms with E-state index in [2.05, 4.69) is 21.8 Å². The van der Waals surface area contributed by atoms with Gasteiger partial charge in [0.05, 0.1) is 5.54 Å². The van der Waals surface area contributed by atoms with Crippen LogP contribution in [0, 0.1) is 0 Å². The van der Waals surface area contributed by atoms with Crippen molar-refractivity contribution in [1.82, 2.24) is 9.80 Å². The maximum Gasteiger partial charge on any atom is 0.235 e. The van der Waals surface area contributed by atoms with Crippen molar-refractivity contribution in [2.75, 3.05) is 39.8 Å². The monoisotopic (exact) mass is 197 g/mol. The van der Waals surface area contributed by atoms with Gasteiger partial charge in [-0.2, -0.15) is 4.99 Å². The van der Waals surface area contributed by atoms with Gasteiger partial charge in [0.1, 0.15) is 0 Å². The molecule has 0 amide bonds. The second-order valence-electron chi connectivity index (χ2n) is 4.59. The van der Waals surface area contributed by atoms with Gasteiger partial charge >= 0.3 is 0 Å². The Morgan fingerprint density at radius 1 is 1.29 bits per heavy atom. The minimum Gasteiger partial charge on any atom is -0.304 e. The van der Waals surface area contributed by atoms with Crippen molar-refractivity contribution in [2.24, 2.45) is 4.99 Å². The molecule has 14 heavy (non-hydrogen) atoms. The third-order valence-corrected chi connectivity index (χ3v) is 2.55. The van der Waals surface area contributed by atoms with Gasteiger partial charge in [0.15, 0.2) is 0 Å². The molecule has 1 fully saturated rings. The molecule has 1 rings (SSSR count). The van der Waals surface area contributed by atoms with Crippen LogP contribution in [-0.4, -0.2) is 61.2 Å². The van der Waals surface area contributed by atoms with E-state index in [1.54, 1.807) is 6.08 Å². The number of hydrogen-bond acceptors (Lipinski definition) is 4. The lowest BCUT2D eigenvalue weighted by molar-refractivity contribution is 0.134. The van der Waals surface area contributed by atoms with Crippen molar-refractivity contribution in [2.45, 2.75) is 19.4 Å². The fourth-order valence-electron chi connectivity index (χ4n) is 1.71. The number of aliphatic imine (C=N–C) groups is 1. The highest BCUT2D eigenvalue weighted by Crippen LogP contribution is 2.11. The first-order valence-electron chi connectivity index (χ1n) is 5.03. The number of rotatable bonds is 3. The number of carbonyl (C=O) groups excluding carboxylic acids is 1. The van der Waals surface area contributed by atoms with E-state index in [9.17, 15) is 4.79 Å². The molecule has 0 N–H and O–H groups in total. The van der Waals surface area contributed by atoms with Crippen LogP contribution in [-0.2, 0) is 4.79 Å². The molecular weight excluding hydrogens is 178 g/mol. The topological polar surface area (TPSA) is 35.9 Å². The van der Waals surface area contributed by atoms with Crippen LogP contribution >= 0.6 is 0 Å². The summed E-state index contributed by atoms with van der Waals surface area (Å²) in [5.74, 6) is 0. The fraction of sp³-hybridized carbons (Fsp3) is 0.900. The fourth-order valence-corrected chi connectivity index (χ4v) is 1.71. The van der Waals surface area contributed by atoms with Gasteiger partial charge in [0.25, 0.3) is 0 Å². The third-order valence-electron chi connectivity index (χ3n) is 2.55. The van der Waals surface area contributed by atoms with Crippen LogP contribution in [0.2, 0.25) is 0 Å². The van der Waals surface area contributed by atoms with Crippen LogP contribution in [0.5, 0.6) is 0 Å². The SMILES string of the molecule is CN1CCN(CC(C)(C)N=C=O)CC1. The highest BCUT2D eigenvalue weighted by Gasteiger charge is 2.23. The van der Waals surface area contributed by atoms with E-state index in [-0.39, 0.29) is 5.54 Å². The maximum absolute atomic E-state index is 10.2. The first-order valence-corrected chi connectivity index (χ1v) is 5.03. The standard InChI is InChI=1S/C10H19N3O/c1-10(2,11-9-14)8-13-6-4-12(3)5-7-13/h4-8H2,1-3H3. The average molecular weight is 197 g/mol. The van der Waals surface area contributed by atoms with Crippen LogP contribution in [0.4, 0.5) is 0 Å². The maximum atomic E-state index is 10.2. The normalized spacial score (nSPS) is 20.5. The van der Waals surface area contributed by atoms with Gasteiger partial charge in [0.2, 0.25) is 6.08 Å². The number of likely N-dealkylation sites (N-methyl/N-ethyl adjacent to an activating group) is 1. The van der Waals surface area contributed by atoms with Gasteiger partial charge in [0, 0.05) is 32.7 Å². The smallest absolute Gasteiger partial charge is 0.235 e. The Morgan fingerprint density at radius 2 is 1.86 bits per heavy atom. The Morgan fingerprint density at radius 3 is 2.36 bits per heavy atom. The molecule has 0 aromatic rings. The Hall–Kier alpha value is -0.700. The van der Waals surface area contributed by atoms with E-state index >= 15 is 0 Å². The molecule has 1 saturated heterocycles. The van der Waals surface area contributed by atoms with Gasteiger partial charge in [-0.15, -0.1) is 0 Å². The number of piperazine rings is 1. The molecule has 1 aliphatic heterocycles. The summed E-state index contributed by atoms with van der Waals surface area (Å²) in [7, 11) is 2.13. The molecule has 80 valence electrons. The second kappa shape index (κ2) is 4.69. The summed E-state index contributed by atoms with van der Waals surface area (Å²) in [6.07, 6.45) is 1.64. The Kier molecular flexibility index (Phi) is 3.81. The van der Waals surface area contributed by atoms with Gasteiger partial charge in [-0.1, -0.05) is 0 Å². The first kappa shape index (κ1) is 11.4. The molecule has 0 atom stereocenters. The minimum absolute atomic E-state index is 0.294. The summed E-state index contributed by atoms with van der Waals surface area (Å²) < 4.78 is 0. The van der Waals surface area contributed by atoms with Gasteiger partial charge in [-0.25, -0.2) is 4.79 Å². The third kappa shape index (κ3) is 3.58. The zero-order valence-corrected chi connectivity index (χ0v) is 9.29. The van der Waals surface area contributed by atoms with Gasteiger partial charge in [-0.05, 0) is 20.9 Å². The van der Waals surface area contributed by atoms with Crippen molar-refractivity contribution in [3.63, 3.8) is 0 Å². The zero-order chi connectivity index (χ0) is 10.6. The molecule has 0 aromatic heterocycles. The summed E-state index contributed by atoms with van der Waals surface area (Å²) in [4.78, 5) is 18.7. The number of isocyanates is 1. The van der Waals surface area contributed by atoms with Crippen LogP contribution in [0.15, 0.2) is 4.99 Å². The summed E-state index contributed by atoms with van der Waals surface area (Å²) in [6.45, 7) is 9.10. The zero-order valence-electron chi connectivity index (χ0n) is 9.29. The Labute approximate surface area is 85.6 Å². The molecule has 1 heterocycles. The van der Waals surface area contributed by atoms with E-state index in [0.717, 1.165) is 32.7 Å². The van der Waals surface area contributed by atoms with Crippen LogP contribution < -0.4 is 0 Å². The van der Waals surface area contributed by atoms with Gasteiger partial charge in [-0.3, -0.25) is 4.90 Å². The van der Waals surface area contributed by atoms with Gasteiger partial charge < -0.3 is 4.90 Å². The number of hydrogen-bond donors (Lipinski definition) is 0. The van der Waals surface area contributed by atoms with E-state index in [1.165, 1.54) is 0 Å². The lowest BCUT2D eigenvalue weighted by Gasteiger charge is -2.35. The highest BCUT2D eigenvalue weighted by atomic mass is 16.1. The Balaban J connectivity index is 2.41. The number of nitrogens with zero attached hydrogens (tertiary/aromatic N) is 3. The summed E-state index contributed by atoms with van der Waals surface area (Å²) in [5.41, 5.74) is -0.294. The second-order valence-corrected chi connectivity index (χ2v) is 4.59. The molecule has 0 bridgehead atoms. The molecule has 0 unspecified atom stereocenters. The predicted octanol–water partition coefficient (Wildman–Crippen LogP) is 0.348. The quantitative estimate of drug-likeness (QED) is 0.484. The summed E-state index contributed by atoms with van der Waals surface area (Å²) in [6, 6.07) is 0. The molecule has 4 nitrogen and oxygen atoms in total. The predicted molar refractivity (Wildman–Crippen MR) is 56.1 cm³/mol. The first-order chi connectivity index (χ1) is 6.53. The summed E-state index contributed by atoms with van der Waals surface area (Å²) in [5, 5.41) is 0. The molecule has 0 radical (unpaired) electrons. The molecule has 0 saturated carbocycles. The average Bonchev–Trinajstić information content (AvgIpc) is 2.08.